The van der Waals surface area contributed by atoms with Gasteiger partial charge in [0.15, 0.2) is 0 Å². The van der Waals surface area contributed by atoms with Crippen LogP contribution in [0, 0.1) is 0 Å². The van der Waals surface area contributed by atoms with Gasteiger partial charge < -0.3 is 5.32 Å². The second-order valence-corrected chi connectivity index (χ2v) is 9.15. The summed E-state index contributed by atoms with van der Waals surface area (Å²) in [5.74, 6) is -0.502. The van der Waals surface area contributed by atoms with Gasteiger partial charge in [0.1, 0.15) is 0 Å². The van der Waals surface area contributed by atoms with Crippen LogP contribution >= 0.6 is 0 Å². The summed E-state index contributed by atoms with van der Waals surface area (Å²) < 4.78 is 63.1. The lowest BCUT2D eigenvalue weighted by Gasteiger charge is -2.33. The van der Waals surface area contributed by atoms with Crippen LogP contribution in [0.5, 0.6) is 0 Å². The number of sulfonamides is 1. The molecule has 6 nitrogen and oxygen atoms in total. The van der Waals surface area contributed by atoms with Crippen LogP contribution in [0.3, 0.4) is 0 Å². The van der Waals surface area contributed by atoms with Crippen molar-refractivity contribution in [3.8, 4) is 0 Å². The Hall–Kier alpha value is -2.43. The molecule has 1 amide bonds. The van der Waals surface area contributed by atoms with Crippen molar-refractivity contribution in [2.24, 2.45) is 0 Å². The zero-order valence-electron chi connectivity index (χ0n) is 16.3. The molecule has 0 radical (unpaired) electrons. The fraction of sp³-hybridized carbons (Fsp3) is 0.350. The van der Waals surface area contributed by atoms with E-state index in [0.717, 1.165) is 17.7 Å². The van der Waals surface area contributed by atoms with Gasteiger partial charge in [-0.2, -0.15) is 17.5 Å². The molecule has 0 unspecified atom stereocenters. The maximum Gasteiger partial charge on any atom is 0.416 e. The molecule has 0 spiro atoms. The highest BCUT2D eigenvalue weighted by Crippen LogP contribution is 2.30. The maximum atomic E-state index is 12.8. The molecule has 1 fully saturated rings. The zero-order valence-corrected chi connectivity index (χ0v) is 17.1. The number of nitrogens with zero attached hydrogens (tertiary/aromatic N) is 2. The molecule has 3 rings (SSSR count). The summed E-state index contributed by atoms with van der Waals surface area (Å²) in [6.07, 6.45) is -3.29. The van der Waals surface area contributed by atoms with Gasteiger partial charge >= 0.3 is 6.18 Å². The Morgan fingerprint density at radius 1 is 1.03 bits per heavy atom. The lowest BCUT2D eigenvalue weighted by Crippen LogP contribution is -2.47. The number of nitrogens with one attached hydrogen (secondary N) is 1. The highest BCUT2D eigenvalue weighted by Gasteiger charge is 2.30. The Morgan fingerprint density at radius 2 is 1.70 bits per heavy atom. The molecule has 0 atom stereocenters. The molecule has 2 aromatic carbocycles. The molecule has 30 heavy (non-hydrogen) atoms. The number of benzene rings is 2. The van der Waals surface area contributed by atoms with Crippen LogP contribution < -0.4 is 5.32 Å². The Labute approximate surface area is 173 Å². The van der Waals surface area contributed by atoms with Crippen molar-refractivity contribution < 1.29 is 26.4 Å². The van der Waals surface area contributed by atoms with Gasteiger partial charge in [-0.1, -0.05) is 18.2 Å². The predicted molar refractivity (Wildman–Crippen MR) is 108 cm³/mol. The Bertz CT molecular complexity index is 1020. The van der Waals surface area contributed by atoms with Gasteiger partial charge in [0, 0.05) is 44.0 Å². The molecule has 1 aliphatic heterocycles. The monoisotopic (exact) mass is 441 g/mol. The number of carbonyl (C=O) groups is 1. The Balaban J connectivity index is 1.64. The van der Waals surface area contributed by atoms with E-state index in [-0.39, 0.29) is 5.69 Å². The molecule has 1 heterocycles. The van der Waals surface area contributed by atoms with Crippen molar-refractivity contribution in [2.75, 3.05) is 37.8 Å². The third kappa shape index (κ3) is 5.80. The summed E-state index contributed by atoms with van der Waals surface area (Å²) in [7, 11) is -3.20. The van der Waals surface area contributed by atoms with Crippen molar-refractivity contribution in [2.45, 2.75) is 12.7 Å². The average molecular weight is 441 g/mol. The molecule has 0 aromatic heterocycles. The smallest absolute Gasteiger partial charge is 0.322 e. The number of anilines is 1. The first kappa shape index (κ1) is 22.3. The van der Waals surface area contributed by atoms with Crippen LogP contribution in [-0.2, 0) is 22.7 Å². The second kappa shape index (κ2) is 8.75. The molecule has 1 saturated heterocycles. The predicted octanol–water partition coefficient (Wildman–Crippen LogP) is 3.03. The quantitative estimate of drug-likeness (QED) is 0.775. The van der Waals surface area contributed by atoms with Gasteiger partial charge in [0.05, 0.1) is 11.8 Å². The number of alkyl halides is 3. The first-order chi connectivity index (χ1) is 14.0. The normalized spacial score (nSPS) is 16.4. The van der Waals surface area contributed by atoms with Gasteiger partial charge in [0.2, 0.25) is 10.0 Å². The van der Waals surface area contributed by atoms with E-state index in [1.165, 1.54) is 22.7 Å². The molecular formula is C20H22F3N3O3S. The van der Waals surface area contributed by atoms with E-state index in [0.29, 0.717) is 38.3 Å². The summed E-state index contributed by atoms with van der Waals surface area (Å²) in [5.41, 5.74) is 0.429. The Kier molecular flexibility index (Phi) is 6.49. The van der Waals surface area contributed by atoms with Gasteiger partial charge in [-0.3, -0.25) is 9.69 Å². The number of carbonyl (C=O) groups excluding carboxylic acids is 1. The van der Waals surface area contributed by atoms with Crippen LogP contribution in [0.4, 0.5) is 18.9 Å². The molecular weight excluding hydrogens is 419 g/mol. The highest BCUT2D eigenvalue weighted by molar-refractivity contribution is 7.88. The summed E-state index contributed by atoms with van der Waals surface area (Å²) in [6, 6.07) is 11.3. The third-order valence-electron chi connectivity index (χ3n) is 4.84. The topological polar surface area (TPSA) is 69.7 Å². The fourth-order valence-corrected chi connectivity index (χ4v) is 4.09. The fourth-order valence-electron chi connectivity index (χ4n) is 3.26. The minimum Gasteiger partial charge on any atom is -0.322 e. The zero-order chi connectivity index (χ0) is 21.9. The van der Waals surface area contributed by atoms with Crippen molar-refractivity contribution >= 4 is 21.6 Å². The summed E-state index contributed by atoms with van der Waals surface area (Å²) in [4.78, 5) is 14.6. The lowest BCUT2D eigenvalue weighted by molar-refractivity contribution is -0.137. The average Bonchev–Trinajstić information content (AvgIpc) is 2.67. The van der Waals surface area contributed by atoms with Crippen molar-refractivity contribution in [1.82, 2.24) is 9.21 Å². The van der Waals surface area contributed by atoms with Crippen molar-refractivity contribution in [3.05, 3.63) is 65.2 Å². The van der Waals surface area contributed by atoms with Crippen LogP contribution in [-0.4, -0.2) is 56.0 Å². The SMILES string of the molecule is CS(=O)(=O)N1CCN(Cc2cccc(C(=O)Nc3cccc(C(F)(F)F)c3)c2)CC1. The van der Waals surface area contributed by atoms with E-state index >= 15 is 0 Å². The van der Waals surface area contributed by atoms with E-state index in [1.54, 1.807) is 18.2 Å². The lowest BCUT2D eigenvalue weighted by atomic mass is 10.1. The van der Waals surface area contributed by atoms with Crippen LogP contribution in [0.25, 0.3) is 0 Å². The van der Waals surface area contributed by atoms with Gasteiger partial charge in [-0.05, 0) is 35.9 Å². The summed E-state index contributed by atoms with van der Waals surface area (Å²) >= 11 is 0. The number of hydrogen-bond acceptors (Lipinski definition) is 4. The van der Waals surface area contributed by atoms with E-state index in [1.807, 2.05) is 6.07 Å². The largest absolute Gasteiger partial charge is 0.416 e. The number of amides is 1. The van der Waals surface area contributed by atoms with Gasteiger partial charge in [0.25, 0.3) is 5.91 Å². The minimum absolute atomic E-state index is 0.0668. The summed E-state index contributed by atoms with van der Waals surface area (Å²) in [6.45, 7) is 2.52. The number of hydrogen-bond donors (Lipinski definition) is 1. The van der Waals surface area contributed by atoms with Crippen LogP contribution in [0.2, 0.25) is 0 Å². The van der Waals surface area contributed by atoms with E-state index in [2.05, 4.69) is 10.2 Å². The number of rotatable bonds is 5. The number of piperazine rings is 1. The molecule has 0 saturated carbocycles. The van der Waals surface area contributed by atoms with Gasteiger partial charge in [-0.25, -0.2) is 8.42 Å². The maximum absolute atomic E-state index is 12.8. The first-order valence-electron chi connectivity index (χ1n) is 9.27. The number of halogens is 3. The molecule has 2 aromatic rings. The second-order valence-electron chi connectivity index (χ2n) is 7.17. The van der Waals surface area contributed by atoms with Crippen molar-refractivity contribution in [1.29, 1.82) is 0 Å². The first-order valence-corrected chi connectivity index (χ1v) is 11.1. The van der Waals surface area contributed by atoms with Crippen LogP contribution in [0.15, 0.2) is 48.5 Å². The molecule has 0 bridgehead atoms. The van der Waals surface area contributed by atoms with E-state index in [9.17, 15) is 26.4 Å². The summed E-state index contributed by atoms with van der Waals surface area (Å²) in [5, 5.41) is 2.50. The highest BCUT2D eigenvalue weighted by atomic mass is 32.2. The standard InChI is InChI=1S/C20H22F3N3O3S/c1-30(28,29)26-10-8-25(9-11-26)14-15-4-2-5-16(12-15)19(27)24-18-7-3-6-17(13-18)20(21,22)23/h2-7,12-13H,8-11,14H2,1H3,(H,24,27). The molecule has 1 aliphatic rings. The van der Waals surface area contributed by atoms with E-state index in [4.69, 9.17) is 0 Å². The molecule has 10 heteroatoms. The molecule has 162 valence electrons. The molecule has 0 aliphatic carbocycles. The minimum atomic E-state index is -4.48. The van der Waals surface area contributed by atoms with Crippen LogP contribution in [0.1, 0.15) is 21.5 Å². The van der Waals surface area contributed by atoms with Crippen molar-refractivity contribution in [3.63, 3.8) is 0 Å². The Morgan fingerprint density at radius 3 is 2.33 bits per heavy atom. The third-order valence-corrected chi connectivity index (χ3v) is 6.15. The van der Waals surface area contributed by atoms with E-state index < -0.39 is 27.7 Å². The molecule has 1 N–H and O–H groups in total. The van der Waals surface area contributed by atoms with Gasteiger partial charge in [-0.15, -0.1) is 0 Å².